The Labute approximate surface area is 204 Å². The maximum absolute atomic E-state index is 13.1. The van der Waals surface area contributed by atoms with Crippen LogP contribution in [0.15, 0.2) is 69.9 Å². The topological polar surface area (TPSA) is 77.8 Å². The first-order valence-electron chi connectivity index (χ1n) is 11.6. The third-order valence-corrected chi connectivity index (χ3v) is 5.78. The predicted molar refractivity (Wildman–Crippen MR) is 138 cm³/mol. The molecular weight excluding hydrogens is 442 g/mol. The standard InChI is InChI=1S/C29H29NO5/c1-17(2)21-7-9-22(10-8-21)35-29-20(5)34-26-15-23(11-12-24(26)28(29)32)33-16-27(31)30-25-13-6-18(3)14-19(25)4/h6-15,17H,16H2,1-5H3,(H,30,31). The summed E-state index contributed by atoms with van der Waals surface area (Å²) in [6.07, 6.45) is 0. The number of ether oxygens (including phenoxy) is 2. The molecule has 1 heterocycles. The third-order valence-electron chi connectivity index (χ3n) is 5.78. The normalized spacial score (nSPS) is 11.0. The number of rotatable bonds is 7. The highest BCUT2D eigenvalue weighted by Crippen LogP contribution is 2.28. The van der Waals surface area contributed by atoms with E-state index in [1.54, 1.807) is 25.1 Å². The predicted octanol–water partition coefficient (Wildman–Crippen LogP) is 6.65. The lowest BCUT2D eigenvalue weighted by molar-refractivity contribution is -0.118. The number of carbonyl (C=O) groups is 1. The first-order chi connectivity index (χ1) is 16.7. The van der Waals surface area contributed by atoms with Crippen molar-refractivity contribution in [2.24, 2.45) is 0 Å². The van der Waals surface area contributed by atoms with Crippen LogP contribution in [0.5, 0.6) is 17.2 Å². The first kappa shape index (κ1) is 24.1. The molecule has 0 aliphatic heterocycles. The summed E-state index contributed by atoms with van der Waals surface area (Å²) in [5.41, 5.74) is 4.14. The zero-order valence-electron chi connectivity index (χ0n) is 20.6. The van der Waals surface area contributed by atoms with Gasteiger partial charge in [-0.15, -0.1) is 0 Å². The second kappa shape index (κ2) is 10.1. The van der Waals surface area contributed by atoms with Gasteiger partial charge in [-0.2, -0.15) is 0 Å². The van der Waals surface area contributed by atoms with Gasteiger partial charge in [0.05, 0.1) is 5.39 Å². The van der Waals surface area contributed by atoms with E-state index >= 15 is 0 Å². The minimum atomic E-state index is -0.276. The lowest BCUT2D eigenvalue weighted by atomic mass is 10.0. The highest BCUT2D eigenvalue weighted by molar-refractivity contribution is 5.92. The molecule has 180 valence electrons. The van der Waals surface area contributed by atoms with Crippen molar-refractivity contribution in [2.75, 3.05) is 11.9 Å². The molecule has 6 nitrogen and oxygen atoms in total. The summed E-state index contributed by atoms with van der Waals surface area (Å²) in [5.74, 6) is 1.64. The quantitative estimate of drug-likeness (QED) is 0.326. The van der Waals surface area contributed by atoms with Crippen molar-refractivity contribution in [3.63, 3.8) is 0 Å². The van der Waals surface area contributed by atoms with Crippen LogP contribution in [0, 0.1) is 20.8 Å². The van der Waals surface area contributed by atoms with Crippen LogP contribution in [0.3, 0.4) is 0 Å². The molecular formula is C29H29NO5. The number of fused-ring (bicyclic) bond motifs is 1. The van der Waals surface area contributed by atoms with Gasteiger partial charge in [-0.1, -0.05) is 43.7 Å². The number of hydrogen-bond donors (Lipinski definition) is 1. The van der Waals surface area contributed by atoms with Gasteiger partial charge < -0.3 is 19.2 Å². The smallest absolute Gasteiger partial charge is 0.262 e. The summed E-state index contributed by atoms with van der Waals surface area (Å²) < 4.78 is 17.4. The number of benzene rings is 3. The van der Waals surface area contributed by atoms with Crippen LogP contribution in [-0.2, 0) is 4.79 Å². The van der Waals surface area contributed by atoms with Crippen molar-refractivity contribution < 1.29 is 18.7 Å². The molecule has 4 rings (SSSR count). The van der Waals surface area contributed by atoms with Crippen molar-refractivity contribution in [3.05, 3.63) is 93.3 Å². The Kier molecular flexibility index (Phi) is 6.92. The molecule has 0 aliphatic carbocycles. The van der Waals surface area contributed by atoms with Crippen molar-refractivity contribution in [1.82, 2.24) is 0 Å². The van der Waals surface area contributed by atoms with Gasteiger partial charge in [0.1, 0.15) is 22.8 Å². The maximum atomic E-state index is 13.1. The Morgan fingerprint density at radius 3 is 2.34 bits per heavy atom. The molecule has 0 unspecified atom stereocenters. The van der Waals surface area contributed by atoms with Gasteiger partial charge in [0, 0.05) is 11.8 Å². The molecule has 1 amide bonds. The summed E-state index contributed by atoms with van der Waals surface area (Å²) >= 11 is 0. The summed E-state index contributed by atoms with van der Waals surface area (Å²) in [7, 11) is 0. The van der Waals surface area contributed by atoms with Crippen molar-refractivity contribution in [3.8, 4) is 17.2 Å². The van der Waals surface area contributed by atoms with Gasteiger partial charge in [0.25, 0.3) is 5.91 Å². The fraction of sp³-hybridized carbons (Fsp3) is 0.241. The fourth-order valence-electron chi connectivity index (χ4n) is 3.80. The summed E-state index contributed by atoms with van der Waals surface area (Å²) in [6.45, 7) is 9.69. The van der Waals surface area contributed by atoms with E-state index in [2.05, 4.69) is 19.2 Å². The van der Waals surface area contributed by atoms with E-state index in [0.29, 0.717) is 34.1 Å². The number of hydrogen-bond acceptors (Lipinski definition) is 5. The fourth-order valence-corrected chi connectivity index (χ4v) is 3.80. The van der Waals surface area contributed by atoms with Crippen LogP contribution in [0.2, 0.25) is 0 Å². The molecule has 35 heavy (non-hydrogen) atoms. The zero-order valence-corrected chi connectivity index (χ0v) is 20.6. The minimum Gasteiger partial charge on any atom is -0.484 e. The molecule has 4 aromatic rings. The average Bonchev–Trinajstić information content (AvgIpc) is 2.82. The molecule has 0 aliphatic rings. The van der Waals surface area contributed by atoms with Crippen LogP contribution >= 0.6 is 0 Å². The number of amides is 1. The SMILES string of the molecule is Cc1ccc(NC(=O)COc2ccc3c(=O)c(Oc4ccc(C(C)C)cc4)c(C)oc3c2)c(C)c1. The highest BCUT2D eigenvalue weighted by Gasteiger charge is 2.15. The van der Waals surface area contributed by atoms with E-state index in [-0.39, 0.29) is 23.7 Å². The lowest BCUT2D eigenvalue weighted by Gasteiger charge is -2.12. The van der Waals surface area contributed by atoms with E-state index in [0.717, 1.165) is 16.8 Å². The second-order valence-corrected chi connectivity index (χ2v) is 8.96. The molecule has 0 saturated carbocycles. The van der Waals surface area contributed by atoms with Gasteiger partial charge in [-0.05, 0) is 68.1 Å². The largest absolute Gasteiger partial charge is 0.484 e. The number of carbonyl (C=O) groups excluding carboxylic acids is 1. The van der Waals surface area contributed by atoms with Gasteiger partial charge in [0.2, 0.25) is 11.2 Å². The summed E-state index contributed by atoms with van der Waals surface area (Å²) in [4.78, 5) is 25.4. The van der Waals surface area contributed by atoms with Crippen LogP contribution in [0.4, 0.5) is 5.69 Å². The van der Waals surface area contributed by atoms with Crippen molar-refractivity contribution in [1.29, 1.82) is 0 Å². The number of aryl methyl sites for hydroxylation is 3. The van der Waals surface area contributed by atoms with Crippen LogP contribution < -0.4 is 20.2 Å². The van der Waals surface area contributed by atoms with E-state index in [9.17, 15) is 9.59 Å². The van der Waals surface area contributed by atoms with E-state index in [4.69, 9.17) is 13.9 Å². The van der Waals surface area contributed by atoms with E-state index < -0.39 is 0 Å². The Morgan fingerprint density at radius 2 is 1.66 bits per heavy atom. The Morgan fingerprint density at radius 1 is 0.943 bits per heavy atom. The molecule has 0 fully saturated rings. The molecule has 1 aromatic heterocycles. The third kappa shape index (κ3) is 5.54. The Bertz CT molecular complexity index is 1430. The van der Waals surface area contributed by atoms with E-state index in [1.165, 1.54) is 5.56 Å². The van der Waals surface area contributed by atoms with Gasteiger partial charge >= 0.3 is 0 Å². The molecule has 0 bridgehead atoms. The number of nitrogens with one attached hydrogen (secondary N) is 1. The summed E-state index contributed by atoms with van der Waals surface area (Å²) in [6, 6.07) is 18.3. The second-order valence-electron chi connectivity index (χ2n) is 8.96. The lowest BCUT2D eigenvalue weighted by Crippen LogP contribution is -2.20. The molecule has 0 spiro atoms. The minimum absolute atomic E-state index is 0.149. The molecule has 6 heteroatoms. The van der Waals surface area contributed by atoms with E-state index in [1.807, 2.05) is 56.3 Å². The molecule has 3 aromatic carbocycles. The van der Waals surface area contributed by atoms with Crippen LogP contribution in [-0.4, -0.2) is 12.5 Å². The monoisotopic (exact) mass is 471 g/mol. The number of anilines is 1. The van der Waals surface area contributed by atoms with Gasteiger partial charge in [-0.25, -0.2) is 0 Å². The zero-order chi connectivity index (χ0) is 25.1. The van der Waals surface area contributed by atoms with Gasteiger partial charge in [-0.3, -0.25) is 9.59 Å². The molecule has 1 N–H and O–H groups in total. The van der Waals surface area contributed by atoms with Crippen LogP contribution in [0.1, 0.15) is 42.2 Å². The van der Waals surface area contributed by atoms with Crippen LogP contribution in [0.25, 0.3) is 11.0 Å². The van der Waals surface area contributed by atoms with Crippen molar-refractivity contribution >= 4 is 22.6 Å². The first-order valence-corrected chi connectivity index (χ1v) is 11.6. The Hall–Kier alpha value is -4.06. The molecule has 0 radical (unpaired) electrons. The van der Waals surface area contributed by atoms with Crippen molar-refractivity contribution in [2.45, 2.75) is 40.5 Å². The highest BCUT2D eigenvalue weighted by atomic mass is 16.5. The molecule has 0 saturated heterocycles. The van der Waals surface area contributed by atoms with Gasteiger partial charge in [0.15, 0.2) is 6.61 Å². The molecule has 0 atom stereocenters. The maximum Gasteiger partial charge on any atom is 0.262 e. The Balaban J connectivity index is 1.48. The average molecular weight is 472 g/mol. The summed E-state index contributed by atoms with van der Waals surface area (Å²) in [5, 5.41) is 3.22.